The van der Waals surface area contributed by atoms with Crippen LogP contribution in [0.3, 0.4) is 0 Å². The van der Waals surface area contributed by atoms with Gasteiger partial charge in [0.1, 0.15) is 5.01 Å². The van der Waals surface area contributed by atoms with Crippen LogP contribution in [-0.4, -0.2) is 15.2 Å². The number of pyridine rings is 1. The van der Waals surface area contributed by atoms with Gasteiger partial charge in [0.25, 0.3) is 0 Å². The molecular weight excluding hydrogens is 196 g/mol. The number of hydrogen-bond donors (Lipinski definition) is 1. The van der Waals surface area contributed by atoms with E-state index in [-0.39, 0.29) is 0 Å². The van der Waals surface area contributed by atoms with Crippen LogP contribution in [-0.2, 0) is 6.54 Å². The summed E-state index contributed by atoms with van der Waals surface area (Å²) in [7, 11) is 0. The van der Waals surface area contributed by atoms with Gasteiger partial charge in [-0.05, 0) is 24.6 Å². The fraction of sp³-hybridized carbons (Fsp3) is 0.222. The molecule has 0 bridgehead atoms. The second-order valence-electron chi connectivity index (χ2n) is 2.84. The second-order valence-corrected chi connectivity index (χ2v) is 4.02. The minimum absolute atomic E-state index is 0.761. The fourth-order valence-electron chi connectivity index (χ4n) is 1.05. The Labute approximate surface area is 86.0 Å². The third-order valence-electron chi connectivity index (χ3n) is 1.72. The van der Waals surface area contributed by atoms with Crippen LogP contribution in [0.15, 0.2) is 24.5 Å². The van der Waals surface area contributed by atoms with E-state index in [2.05, 4.69) is 20.5 Å². The molecule has 0 unspecified atom stereocenters. The number of hydrogen-bond acceptors (Lipinski definition) is 5. The van der Waals surface area contributed by atoms with Gasteiger partial charge < -0.3 is 5.32 Å². The number of anilines is 1. The summed E-state index contributed by atoms with van der Waals surface area (Å²) in [5, 5.41) is 12.9. The summed E-state index contributed by atoms with van der Waals surface area (Å²) in [4.78, 5) is 3.95. The largest absolute Gasteiger partial charge is 0.356 e. The number of nitrogens with one attached hydrogen (secondary N) is 1. The zero-order valence-corrected chi connectivity index (χ0v) is 8.58. The van der Waals surface area contributed by atoms with E-state index in [0.717, 1.165) is 16.7 Å². The minimum atomic E-state index is 0.761. The molecule has 0 radical (unpaired) electrons. The van der Waals surface area contributed by atoms with E-state index >= 15 is 0 Å². The third-order valence-corrected chi connectivity index (χ3v) is 2.52. The lowest BCUT2D eigenvalue weighted by Crippen LogP contribution is -1.98. The Bertz CT molecular complexity index is 398. The summed E-state index contributed by atoms with van der Waals surface area (Å²) in [5.74, 6) is 0. The van der Waals surface area contributed by atoms with Crippen LogP contribution in [0, 0.1) is 6.92 Å². The van der Waals surface area contributed by atoms with Gasteiger partial charge in [-0.1, -0.05) is 11.3 Å². The van der Waals surface area contributed by atoms with Crippen LogP contribution >= 0.6 is 11.3 Å². The zero-order valence-electron chi connectivity index (χ0n) is 7.77. The molecular formula is C9H10N4S. The highest BCUT2D eigenvalue weighted by molar-refractivity contribution is 7.15. The summed E-state index contributed by atoms with van der Waals surface area (Å²) >= 11 is 1.56. The number of aryl methyl sites for hydroxylation is 1. The molecule has 0 spiro atoms. The number of aromatic nitrogens is 3. The molecule has 1 N–H and O–H groups in total. The van der Waals surface area contributed by atoms with Gasteiger partial charge in [-0.2, -0.15) is 0 Å². The maximum atomic E-state index is 3.97. The lowest BCUT2D eigenvalue weighted by molar-refractivity contribution is 1.02. The molecule has 0 aromatic carbocycles. The average Bonchev–Trinajstić information content (AvgIpc) is 2.63. The molecule has 0 aliphatic heterocycles. The Morgan fingerprint density at radius 2 is 2.07 bits per heavy atom. The fourth-order valence-corrected chi connectivity index (χ4v) is 1.63. The first-order valence-electron chi connectivity index (χ1n) is 4.27. The van der Waals surface area contributed by atoms with Gasteiger partial charge in [-0.3, -0.25) is 4.98 Å². The Kier molecular flexibility index (Phi) is 2.69. The SMILES string of the molecule is Cc1nnc(NCc2ccncc2)s1. The van der Waals surface area contributed by atoms with Crippen LogP contribution in [0.4, 0.5) is 5.13 Å². The first kappa shape index (κ1) is 9.08. The maximum Gasteiger partial charge on any atom is 0.205 e. The molecule has 0 aliphatic carbocycles. The maximum absolute atomic E-state index is 3.97. The van der Waals surface area contributed by atoms with Gasteiger partial charge >= 0.3 is 0 Å². The average molecular weight is 206 g/mol. The second kappa shape index (κ2) is 4.15. The van der Waals surface area contributed by atoms with E-state index in [9.17, 15) is 0 Å². The van der Waals surface area contributed by atoms with Crippen molar-refractivity contribution in [1.82, 2.24) is 15.2 Å². The Morgan fingerprint density at radius 1 is 1.29 bits per heavy atom. The topological polar surface area (TPSA) is 50.7 Å². The van der Waals surface area contributed by atoms with Crippen molar-refractivity contribution in [2.24, 2.45) is 0 Å². The van der Waals surface area contributed by atoms with E-state index in [0.29, 0.717) is 0 Å². The van der Waals surface area contributed by atoms with Crippen LogP contribution < -0.4 is 5.32 Å². The molecule has 2 rings (SSSR count). The van der Waals surface area contributed by atoms with Gasteiger partial charge in [0.2, 0.25) is 5.13 Å². The summed E-state index contributed by atoms with van der Waals surface area (Å²) in [6.07, 6.45) is 3.56. The lowest BCUT2D eigenvalue weighted by atomic mass is 10.3. The molecule has 0 aliphatic rings. The Balaban J connectivity index is 1.95. The predicted octanol–water partition coefficient (Wildman–Crippen LogP) is 1.85. The van der Waals surface area contributed by atoms with Gasteiger partial charge in [0.05, 0.1) is 0 Å². The molecule has 0 fully saturated rings. The quantitative estimate of drug-likeness (QED) is 0.832. The van der Waals surface area contributed by atoms with Crippen molar-refractivity contribution in [3.63, 3.8) is 0 Å². The van der Waals surface area contributed by atoms with E-state index < -0.39 is 0 Å². The summed E-state index contributed by atoms with van der Waals surface area (Å²) in [6, 6.07) is 3.95. The highest BCUT2D eigenvalue weighted by Gasteiger charge is 1.98. The predicted molar refractivity (Wildman–Crippen MR) is 56.2 cm³/mol. The highest BCUT2D eigenvalue weighted by atomic mass is 32.1. The van der Waals surface area contributed by atoms with Crippen LogP contribution in [0.2, 0.25) is 0 Å². The Morgan fingerprint density at radius 3 is 2.71 bits per heavy atom. The molecule has 0 saturated heterocycles. The molecule has 14 heavy (non-hydrogen) atoms. The Hall–Kier alpha value is -1.49. The van der Waals surface area contributed by atoms with E-state index in [1.165, 1.54) is 5.56 Å². The molecule has 0 atom stereocenters. The van der Waals surface area contributed by atoms with Gasteiger partial charge in [0.15, 0.2) is 0 Å². The van der Waals surface area contributed by atoms with Crippen molar-refractivity contribution in [3.05, 3.63) is 35.1 Å². The van der Waals surface area contributed by atoms with Crippen molar-refractivity contribution in [1.29, 1.82) is 0 Å². The molecule has 72 valence electrons. The normalized spacial score (nSPS) is 10.1. The van der Waals surface area contributed by atoms with Crippen molar-refractivity contribution in [2.45, 2.75) is 13.5 Å². The molecule has 0 saturated carbocycles. The van der Waals surface area contributed by atoms with Crippen molar-refractivity contribution < 1.29 is 0 Å². The minimum Gasteiger partial charge on any atom is -0.356 e. The zero-order chi connectivity index (χ0) is 9.80. The van der Waals surface area contributed by atoms with E-state index in [1.807, 2.05) is 19.1 Å². The molecule has 2 aromatic rings. The summed E-state index contributed by atoms with van der Waals surface area (Å²) in [6.45, 7) is 2.70. The van der Waals surface area contributed by atoms with Gasteiger partial charge in [0, 0.05) is 18.9 Å². The van der Waals surface area contributed by atoms with Crippen LogP contribution in [0.5, 0.6) is 0 Å². The standard InChI is InChI=1S/C9H10N4S/c1-7-12-13-9(14-7)11-6-8-2-4-10-5-3-8/h2-5H,6H2,1H3,(H,11,13). The van der Waals surface area contributed by atoms with Crippen LogP contribution in [0.25, 0.3) is 0 Å². The van der Waals surface area contributed by atoms with E-state index in [1.54, 1.807) is 23.7 Å². The molecule has 2 aromatic heterocycles. The summed E-state index contributed by atoms with van der Waals surface area (Å²) < 4.78 is 0. The van der Waals surface area contributed by atoms with Crippen molar-refractivity contribution >= 4 is 16.5 Å². The van der Waals surface area contributed by atoms with Gasteiger partial charge in [-0.15, -0.1) is 10.2 Å². The molecule has 4 nitrogen and oxygen atoms in total. The smallest absolute Gasteiger partial charge is 0.205 e. The van der Waals surface area contributed by atoms with Crippen molar-refractivity contribution in [3.8, 4) is 0 Å². The highest BCUT2D eigenvalue weighted by Crippen LogP contribution is 2.14. The van der Waals surface area contributed by atoms with Crippen LogP contribution in [0.1, 0.15) is 10.6 Å². The third kappa shape index (κ3) is 2.26. The molecule has 2 heterocycles. The van der Waals surface area contributed by atoms with Crippen molar-refractivity contribution in [2.75, 3.05) is 5.32 Å². The number of rotatable bonds is 3. The first-order chi connectivity index (χ1) is 6.84. The first-order valence-corrected chi connectivity index (χ1v) is 5.09. The molecule has 5 heteroatoms. The lowest BCUT2D eigenvalue weighted by Gasteiger charge is -2.00. The monoisotopic (exact) mass is 206 g/mol. The summed E-state index contributed by atoms with van der Waals surface area (Å²) in [5.41, 5.74) is 1.19. The van der Waals surface area contributed by atoms with Gasteiger partial charge in [-0.25, -0.2) is 0 Å². The van der Waals surface area contributed by atoms with E-state index in [4.69, 9.17) is 0 Å². The number of nitrogens with zero attached hydrogens (tertiary/aromatic N) is 3. The molecule has 0 amide bonds.